The summed E-state index contributed by atoms with van der Waals surface area (Å²) >= 11 is 5.59. The lowest BCUT2D eigenvalue weighted by molar-refractivity contribution is -0.0726. The van der Waals surface area contributed by atoms with Gasteiger partial charge in [0.15, 0.2) is 5.11 Å². The molecule has 5 heteroatoms. The minimum atomic E-state index is -0.217. The molecule has 0 atom stereocenters. The molecule has 0 aromatic heterocycles. The smallest absolute Gasteiger partial charge is 0.173 e. The molecule has 140 valence electrons. The van der Waals surface area contributed by atoms with Gasteiger partial charge in [-0.1, -0.05) is 0 Å². The predicted octanol–water partition coefficient (Wildman–Crippen LogP) is 3.96. The van der Waals surface area contributed by atoms with Crippen LogP contribution in [-0.2, 0) is 0 Å². The Morgan fingerprint density at radius 2 is 1.46 bits per heavy atom. The molecule has 6 rings (SSSR count). The summed E-state index contributed by atoms with van der Waals surface area (Å²) in [7, 11) is 0. The standard InChI is InChI=1S/C21H28FN3S/c22-18-1-3-19(4-2-18)23-21(26)25-7-5-24(6-8-25)20-16-10-14-9-15(12-16)13-17(20)11-14/h1-4,14-17,20H,5-13H2,(H,23,26). The lowest BCUT2D eigenvalue weighted by atomic mass is 9.54. The molecule has 0 spiro atoms. The van der Waals surface area contributed by atoms with Crippen LogP contribution in [0.2, 0.25) is 0 Å². The van der Waals surface area contributed by atoms with Gasteiger partial charge in [-0.25, -0.2) is 4.39 Å². The zero-order valence-corrected chi connectivity index (χ0v) is 16.1. The average molecular weight is 374 g/mol. The maximum atomic E-state index is 13.0. The summed E-state index contributed by atoms with van der Waals surface area (Å²) in [4.78, 5) is 5.05. The van der Waals surface area contributed by atoms with Crippen LogP contribution in [0.25, 0.3) is 0 Å². The van der Waals surface area contributed by atoms with E-state index in [2.05, 4.69) is 15.1 Å². The molecule has 1 saturated heterocycles. The van der Waals surface area contributed by atoms with Crippen molar-refractivity contribution in [1.29, 1.82) is 0 Å². The summed E-state index contributed by atoms with van der Waals surface area (Å²) < 4.78 is 13.0. The number of halogens is 1. The van der Waals surface area contributed by atoms with Crippen molar-refractivity contribution in [2.75, 3.05) is 31.5 Å². The maximum absolute atomic E-state index is 13.0. The van der Waals surface area contributed by atoms with Crippen LogP contribution in [0.15, 0.2) is 24.3 Å². The van der Waals surface area contributed by atoms with E-state index in [1.165, 1.54) is 44.2 Å². The van der Waals surface area contributed by atoms with Gasteiger partial charge in [-0.15, -0.1) is 0 Å². The second kappa shape index (κ2) is 6.75. The van der Waals surface area contributed by atoms with E-state index in [1.54, 1.807) is 12.1 Å². The van der Waals surface area contributed by atoms with Crippen molar-refractivity contribution in [3.63, 3.8) is 0 Å². The van der Waals surface area contributed by atoms with E-state index in [4.69, 9.17) is 12.2 Å². The molecule has 4 bridgehead atoms. The van der Waals surface area contributed by atoms with Crippen LogP contribution in [0.5, 0.6) is 0 Å². The third kappa shape index (κ3) is 3.13. The monoisotopic (exact) mass is 373 g/mol. The van der Waals surface area contributed by atoms with Crippen LogP contribution >= 0.6 is 12.2 Å². The molecular formula is C21H28FN3S. The Morgan fingerprint density at radius 3 is 2.04 bits per heavy atom. The third-order valence-electron chi connectivity index (χ3n) is 7.30. The molecule has 1 aromatic rings. The van der Waals surface area contributed by atoms with Crippen molar-refractivity contribution in [1.82, 2.24) is 9.80 Å². The fraction of sp³-hybridized carbons (Fsp3) is 0.667. The molecule has 3 nitrogen and oxygen atoms in total. The summed E-state index contributed by atoms with van der Waals surface area (Å²) in [5.41, 5.74) is 0.861. The molecule has 1 N–H and O–H groups in total. The summed E-state index contributed by atoms with van der Waals surface area (Å²) in [5, 5.41) is 4.02. The zero-order valence-electron chi connectivity index (χ0n) is 15.2. The van der Waals surface area contributed by atoms with E-state index in [0.29, 0.717) is 0 Å². The molecular weight excluding hydrogens is 345 g/mol. The van der Waals surface area contributed by atoms with Gasteiger partial charge in [-0.05, 0) is 92.3 Å². The molecule has 26 heavy (non-hydrogen) atoms. The van der Waals surface area contributed by atoms with E-state index in [0.717, 1.165) is 66.7 Å². The van der Waals surface area contributed by atoms with E-state index in [-0.39, 0.29) is 5.82 Å². The Hall–Kier alpha value is -1.20. The molecule has 0 unspecified atom stereocenters. The Labute approximate surface area is 160 Å². The van der Waals surface area contributed by atoms with Crippen molar-refractivity contribution < 1.29 is 4.39 Å². The first-order valence-corrected chi connectivity index (χ1v) is 10.6. The number of thiocarbonyl (C=S) groups is 1. The van der Waals surface area contributed by atoms with Crippen LogP contribution in [0.1, 0.15) is 32.1 Å². The summed E-state index contributed by atoms with van der Waals surface area (Å²) in [5.74, 6) is 3.79. The van der Waals surface area contributed by atoms with Crippen molar-refractivity contribution in [2.24, 2.45) is 23.7 Å². The molecule has 1 aliphatic heterocycles. The van der Waals surface area contributed by atoms with Crippen LogP contribution < -0.4 is 5.32 Å². The van der Waals surface area contributed by atoms with Gasteiger partial charge < -0.3 is 10.2 Å². The topological polar surface area (TPSA) is 18.5 Å². The number of rotatable bonds is 2. The first-order chi connectivity index (χ1) is 12.7. The molecule has 0 amide bonds. The van der Waals surface area contributed by atoms with Crippen molar-refractivity contribution in [3.05, 3.63) is 30.1 Å². The molecule has 0 radical (unpaired) electrons. The Kier molecular flexibility index (Phi) is 4.40. The largest absolute Gasteiger partial charge is 0.346 e. The van der Waals surface area contributed by atoms with Crippen molar-refractivity contribution in [2.45, 2.75) is 38.1 Å². The summed E-state index contributed by atoms with van der Waals surface area (Å²) in [6, 6.07) is 7.26. The highest BCUT2D eigenvalue weighted by atomic mass is 32.1. The second-order valence-corrected chi connectivity index (χ2v) is 9.27. The number of hydrogen-bond donors (Lipinski definition) is 1. The minimum Gasteiger partial charge on any atom is -0.346 e. The van der Waals surface area contributed by atoms with Gasteiger partial charge in [0.2, 0.25) is 0 Å². The van der Waals surface area contributed by atoms with Crippen LogP contribution in [0.4, 0.5) is 10.1 Å². The summed E-state index contributed by atoms with van der Waals surface area (Å²) in [6.45, 7) is 4.24. The van der Waals surface area contributed by atoms with Crippen LogP contribution in [-0.4, -0.2) is 47.1 Å². The first-order valence-electron chi connectivity index (χ1n) is 10.2. The average Bonchev–Trinajstić information content (AvgIpc) is 2.63. The Bertz CT molecular complexity index is 640. The highest BCUT2D eigenvalue weighted by Gasteiger charge is 2.50. The number of anilines is 1. The fourth-order valence-corrected chi connectivity index (χ4v) is 6.75. The van der Waals surface area contributed by atoms with E-state index >= 15 is 0 Å². The quantitative estimate of drug-likeness (QED) is 0.791. The highest BCUT2D eigenvalue weighted by molar-refractivity contribution is 7.80. The van der Waals surface area contributed by atoms with Gasteiger partial charge in [0.05, 0.1) is 0 Å². The lowest BCUT2D eigenvalue weighted by Gasteiger charge is -2.58. The highest BCUT2D eigenvalue weighted by Crippen LogP contribution is 2.55. The normalized spacial score (nSPS) is 36.3. The molecule has 5 fully saturated rings. The Morgan fingerprint density at radius 1 is 0.885 bits per heavy atom. The predicted molar refractivity (Wildman–Crippen MR) is 107 cm³/mol. The number of hydrogen-bond acceptors (Lipinski definition) is 2. The number of nitrogens with one attached hydrogen (secondary N) is 1. The van der Waals surface area contributed by atoms with Gasteiger partial charge in [0, 0.05) is 37.9 Å². The minimum absolute atomic E-state index is 0.217. The van der Waals surface area contributed by atoms with E-state index < -0.39 is 0 Å². The SMILES string of the molecule is Fc1ccc(NC(=S)N2CCN(C3C4CC5CC(C4)CC3C5)CC2)cc1. The fourth-order valence-electron chi connectivity index (χ4n) is 6.45. The zero-order chi connectivity index (χ0) is 17.7. The van der Waals surface area contributed by atoms with Gasteiger partial charge in [-0.3, -0.25) is 4.90 Å². The maximum Gasteiger partial charge on any atom is 0.173 e. The van der Waals surface area contributed by atoms with Gasteiger partial charge in [0.1, 0.15) is 5.82 Å². The molecule has 4 aliphatic carbocycles. The van der Waals surface area contributed by atoms with E-state index in [1.807, 2.05) is 0 Å². The van der Waals surface area contributed by atoms with Crippen molar-refractivity contribution >= 4 is 23.0 Å². The van der Waals surface area contributed by atoms with E-state index in [9.17, 15) is 4.39 Å². The first kappa shape index (κ1) is 16.9. The Balaban J connectivity index is 1.17. The molecule has 1 heterocycles. The molecule has 4 saturated carbocycles. The summed E-state index contributed by atoms with van der Waals surface area (Å²) in [6.07, 6.45) is 7.48. The van der Waals surface area contributed by atoms with Crippen LogP contribution in [0.3, 0.4) is 0 Å². The number of benzene rings is 1. The van der Waals surface area contributed by atoms with Crippen molar-refractivity contribution in [3.8, 4) is 0 Å². The third-order valence-corrected chi connectivity index (χ3v) is 7.66. The molecule has 1 aromatic carbocycles. The van der Waals surface area contributed by atoms with Gasteiger partial charge in [0.25, 0.3) is 0 Å². The van der Waals surface area contributed by atoms with Crippen LogP contribution in [0, 0.1) is 29.5 Å². The lowest BCUT2D eigenvalue weighted by Crippen LogP contribution is -2.60. The second-order valence-electron chi connectivity index (χ2n) is 8.88. The molecule has 5 aliphatic rings. The van der Waals surface area contributed by atoms with Gasteiger partial charge in [-0.2, -0.15) is 0 Å². The van der Waals surface area contributed by atoms with Gasteiger partial charge >= 0.3 is 0 Å². The number of nitrogens with zero attached hydrogens (tertiary/aromatic N) is 2. The number of piperazine rings is 1.